The zero-order valence-corrected chi connectivity index (χ0v) is 9.45. The highest BCUT2D eigenvalue weighted by Crippen LogP contribution is 2.27. The number of carbonyl (C=O) groups excluding carboxylic acids is 2. The van der Waals surface area contributed by atoms with Crippen LogP contribution < -0.4 is 0 Å². The van der Waals surface area contributed by atoms with Gasteiger partial charge in [-0.2, -0.15) is 0 Å². The lowest BCUT2D eigenvalue weighted by molar-refractivity contribution is -0.145. The molecule has 15 heavy (non-hydrogen) atoms. The number of carbonyl (C=O) groups is 2. The largest absolute Gasteiger partial charge is 0.469 e. The maximum absolute atomic E-state index is 11.7. The third kappa shape index (κ3) is 2.81. The summed E-state index contributed by atoms with van der Waals surface area (Å²) in [7, 11) is 5.03. The van der Waals surface area contributed by atoms with Crippen molar-refractivity contribution >= 4 is 11.8 Å². The minimum Gasteiger partial charge on any atom is -0.469 e. The van der Waals surface area contributed by atoms with Gasteiger partial charge in [-0.1, -0.05) is 0 Å². The minimum absolute atomic E-state index is 0.0605. The highest BCUT2D eigenvalue weighted by molar-refractivity contribution is 6.01. The molecule has 0 radical (unpaired) electrons. The molecule has 0 aliphatic heterocycles. The van der Waals surface area contributed by atoms with Crippen LogP contribution >= 0.6 is 0 Å². The molecule has 1 aliphatic carbocycles. The number of hydrogen-bond donors (Lipinski definition) is 0. The summed E-state index contributed by atoms with van der Waals surface area (Å²) < 4.78 is 4.70. The monoisotopic (exact) mass is 211 g/mol. The SMILES string of the molecule is COC(=O)C1CCCC(=O)C1=CN(C)C. The Hall–Kier alpha value is -1.32. The third-order valence-electron chi connectivity index (χ3n) is 2.48. The molecule has 0 aromatic carbocycles. The zero-order valence-electron chi connectivity index (χ0n) is 9.45. The second-order valence-corrected chi connectivity index (χ2v) is 3.94. The van der Waals surface area contributed by atoms with Crippen molar-refractivity contribution in [2.75, 3.05) is 21.2 Å². The Kier molecular flexibility index (Phi) is 3.88. The van der Waals surface area contributed by atoms with E-state index in [2.05, 4.69) is 0 Å². The first kappa shape index (κ1) is 11.8. The predicted molar refractivity (Wildman–Crippen MR) is 56.1 cm³/mol. The Balaban J connectivity index is 2.92. The summed E-state index contributed by atoms with van der Waals surface area (Å²) in [4.78, 5) is 24.9. The standard InChI is InChI=1S/C11H17NO3/c1-12(2)7-9-8(11(14)15-3)5-4-6-10(9)13/h7-8H,4-6H2,1-3H3. The topological polar surface area (TPSA) is 46.6 Å². The first-order valence-corrected chi connectivity index (χ1v) is 5.05. The Bertz CT molecular complexity index is 294. The van der Waals surface area contributed by atoms with Crippen molar-refractivity contribution in [3.8, 4) is 0 Å². The molecule has 1 rings (SSSR count). The van der Waals surface area contributed by atoms with Crippen LogP contribution in [-0.2, 0) is 14.3 Å². The van der Waals surface area contributed by atoms with E-state index in [1.54, 1.807) is 11.1 Å². The number of methoxy groups -OCH3 is 1. The van der Waals surface area contributed by atoms with Gasteiger partial charge in [-0.3, -0.25) is 9.59 Å². The van der Waals surface area contributed by atoms with E-state index in [-0.39, 0.29) is 17.7 Å². The molecule has 0 heterocycles. The number of esters is 1. The molecular weight excluding hydrogens is 194 g/mol. The molecule has 0 saturated heterocycles. The summed E-state index contributed by atoms with van der Waals surface area (Å²) in [5.41, 5.74) is 0.582. The Labute approximate surface area is 89.9 Å². The van der Waals surface area contributed by atoms with Crippen molar-refractivity contribution in [2.45, 2.75) is 19.3 Å². The van der Waals surface area contributed by atoms with Gasteiger partial charge in [0, 0.05) is 32.3 Å². The fraction of sp³-hybridized carbons (Fsp3) is 0.636. The molecule has 0 amide bonds. The molecule has 0 bridgehead atoms. The van der Waals surface area contributed by atoms with Crippen LogP contribution in [-0.4, -0.2) is 37.9 Å². The summed E-state index contributed by atoms with van der Waals surface area (Å²) in [6, 6.07) is 0. The molecule has 1 fully saturated rings. The summed E-state index contributed by atoms with van der Waals surface area (Å²) in [6.07, 6.45) is 3.73. The van der Waals surface area contributed by atoms with Crippen molar-refractivity contribution in [1.82, 2.24) is 4.90 Å². The molecule has 1 saturated carbocycles. The molecule has 0 N–H and O–H groups in total. The number of Topliss-reactive ketones (excluding diaryl/α,β-unsaturated/α-hetero) is 1. The molecule has 84 valence electrons. The van der Waals surface area contributed by atoms with E-state index in [4.69, 9.17) is 4.74 Å². The number of ketones is 1. The molecule has 0 spiro atoms. The lowest BCUT2D eigenvalue weighted by Gasteiger charge is -2.23. The summed E-state index contributed by atoms with van der Waals surface area (Å²) in [5, 5.41) is 0. The molecule has 1 atom stereocenters. The Morgan fingerprint density at radius 1 is 1.53 bits per heavy atom. The molecule has 1 unspecified atom stereocenters. The summed E-state index contributed by atoms with van der Waals surface area (Å²) >= 11 is 0. The molecule has 0 aromatic rings. The number of ether oxygens (including phenoxy) is 1. The average molecular weight is 211 g/mol. The van der Waals surface area contributed by atoms with Gasteiger partial charge in [0.05, 0.1) is 13.0 Å². The van der Waals surface area contributed by atoms with Gasteiger partial charge in [0.15, 0.2) is 5.78 Å². The number of rotatable bonds is 2. The summed E-state index contributed by atoms with van der Waals surface area (Å²) in [6.45, 7) is 0. The van der Waals surface area contributed by atoms with Crippen LogP contribution in [0.2, 0.25) is 0 Å². The van der Waals surface area contributed by atoms with E-state index in [1.165, 1.54) is 7.11 Å². The maximum Gasteiger partial charge on any atom is 0.313 e. The quantitative estimate of drug-likeness (QED) is 0.504. The van der Waals surface area contributed by atoms with E-state index in [1.807, 2.05) is 14.1 Å². The Morgan fingerprint density at radius 2 is 2.20 bits per heavy atom. The molecule has 1 aliphatic rings. The number of hydrogen-bond acceptors (Lipinski definition) is 4. The summed E-state index contributed by atoms with van der Waals surface area (Å²) in [5.74, 6) is -0.625. The van der Waals surface area contributed by atoms with E-state index in [0.29, 0.717) is 18.4 Å². The van der Waals surface area contributed by atoms with Gasteiger partial charge in [0.1, 0.15) is 0 Å². The van der Waals surface area contributed by atoms with Gasteiger partial charge >= 0.3 is 5.97 Å². The van der Waals surface area contributed by atoms with Crippen LogP contribution in [0, 0.1) is 5.92 Å². The van der Waals surface area contributed by atoms with E-state index in [0.717, 1.165) is 6.42 Å². The van der Waals surface area contributed by atoms with Crippen molar-refractivity contribution in [3.05, 3.63) is 11.8 Å². The van der Waals surface area contributed by atoms with Gasteiger partial charge in [0.2, 0.25) is 0 Å². The second kappa shape index (κ2) is 4.96. The molecule has 0 aromatic heterocycles. The fourth-order valence-electron chi connectivity index (χ4n) is 1.79. The van der Waals surface area contributed by atoms with Crippen molar-refractivity contribution in [2.24, 2.45) is 5.92 Å². The maximum atomic E-state index is 11.7. The van der Waals surface area contributed by atoms with E-state index < -0.39 is 0 Å². The highest BCUT2D eigenvalue weighted by Gasteiger charge is 2.31. The van der Waals surface area contributed by atoms with Crippen LogP contribution in [0.5, 0.6) is 0 Å². The van der Waals surface area contributed by atoms with E-state index >= 15 is 0 Å². The van der Waals surface area contributed by atoms with Crippen LogP contribution in [0.15, 0.2) is 11.8 Å². The van der Waals surface area contributed by atoms with E-state index in [9.17, 15) is 9.59 Å². The minimum atomic E-state index is -0.376. The smallest absolute Gasteiger partial charge is 0.313 e. The molecule has 4 nitrogen and oxygen atoms in total. The van der Waals surface area contributed by atoms with Crippen LogP contribution in [0.1, 0.15) is 19.3 Å². The van der Waals surface area contributed by atoms with Crippen LogP contribution in [0.25, 0.3) is 0 Å². The fourth-order valence-corrected chi connectivity index (χ4v) is 1.79. The van der Waals surface area contributed by atoms with Crippen LogP contribution in [0.4, 0.5) is 0 Å². The zero-order chi connectivity index (χ0) is 11.4. The van der Waals surface area contributed by atoms with Gasteiger partial charge in [0.25, 0.3) is 0 Å². The van der Waals surface area contributed by atoms with Gasteiger partial charge in [-0.15, -0.1) is 0 Å². The number of nitrogens with zero attached hydrogens (tertiary/aromatic N) is 1. The van der Waals surface area contributed by atoms with Crippen molar-refractivity contribution in [3.63, 3.8) is 0 Å². The van der Waals surface area contributed by atoms with Crippen molar-refractivity contribution < 1.29 is 14.3 Å². The lowest BCUT2D eigenvalue weighted by Crippen LogP contribution is -2.28. The molecular formula is C11H17NO3. The lowest BCUT2D eigenvalue weighted by atomic mass is 9.84. The third-order valence-corrected chi connectivity index (χ3v) is 2.48. The average Bonchev–Trinajstić information content (AvgIpc) is 2.19. The normalized spacial score (nSPS) is 24.1. The first-order chi connectivity index (χ1) is 7.06. The Morgan fingerprint density at radius 3 is 2.73 bits per heavy atom. The van der Waals surface area contributed by atoms with Gasteiger partial charge < -0.3 is 9.64 Å². The van der Waals surface area contributed by atoms with Crippen molar-refractivity contribution in [1.29, 1.82) is 0 Å². The predicted octanol–water partition coefficient (Wildman–Crippen LogP) is 0.974. The highest BCUT2D eigenvalue weighted by atomic mass is 16.5. The second-order valence-electron chi connectivity index (χ2n) is 3.94. The van der Waals surface area contributed by atoms with Gasteiger partial charge in [-0.05, 0) is 12.8 Å². The molecule has 4 heteroatoms. The van der Waals surface area contributed by atoms with Crippen LogP contribution in [0.3, 0.4) is 0 Å². The van der Waals surface area contributed by atoms with Gasteiger partial charge in [-0.25, -0.2) is 0 Å². The first-order valence-electron chi connectivity index (χ1n) is 5.05.